The normalized spacial score (nSPS) is 11.1. The molecule has 1 aromatic carbocycles. The van der Waals surface area contributed by atoms with Crippen molar-refractivity contribution in [3.8, 4) is 5.75 Å². The van der Waals surface area contributed by atoms with Gasteiger partial charge in [-0.25, -0.2) is 5.48 Å². The van der Waals surface area contributed by atoms with E-state index < -0.39 is 5.91 Å². The fourth-order valence-electron chi connectivity index (χ4n) is 1.36. The Morgan fingerprint density at radius 2 is 2.05 bits per heavy atom. The molecule has 0 aliphatic carbocycles. The molecular weight excluding hydrogens is 242 g/mol. The minimum absolute atomic E-state index is 0.552. The van der Waals surface area contributed by atoms with Gasteiger partial charge in [0.2, 0.25) is 0 Å². The summed E-state index contributed by atoms with van der Waals surface area (Å²) >= 11 is 0. The second-order valence-corrected chi connectivity index (χ2v) is 3.97. The number of hydrogen-bond donors (Lipinski definition) is 2. The molecule has 0 atom stereocenters. The van der Waals surface area contributed by atoms with Gasteiger partial charge in [-0.15, -0.1) is 0 Å². The Bertz CT molecular complexity index is 435. The lowest BCUT2D eigenvalue weighted by Crippen LogP contribution is -2.14. The number of carbonyl (C=O) groups excluding carboxylic acids is 1. The zero-order valence-electron chi connectivity index (χ0n) is 11.0. The van der Waals surface area contributed by atoms with Gasteiger partial charge in [0.15, 0.2) is 0 Å². The average Bonchev–Trinajstić information content (AvgIpc) is 2.45. The number of allylic oxidation sites excluding steroid dienone is 2. The minimum atomic E-state index is -0.552. The Morgan fingerprint density at radius 1 is 1.32 bits per heavy atom. The van der Waals surface area contributed by atoms with E-state index in [9.17, 15) is 4.79 Å². The number of rotatable bonds is 7. The number of benzene rings is 1. The Balaban J connectivity index is 2.45. The van der Waals surface area contributed by atoms with Crippen LogP contribution in [0, 0.1) is 0 Å². The largest absolute Gasteiger partial charge is 0.494 e. The molecule has 0 spiro atoms. The summed E-state index contributed by atoms with van der Waals surface area (Å²) in [5.74, 6) is 0.310. The van der Waals surface area contributed by atoms with Crippen molar-refractivity contribution in [2.45, 2.75) is 19.8 Å². The van der Waals surface area contributed by atoms with Crippen LogP contribution >= 0.6 is 0 Å². The summed E-state index contributed by atoms with van der Waals surface area (Å²) in [6.45, 7) is 2.87. The van der Waals surface area contributed by atoms with E-state index >= 15 is 0 Å². The van der Waals surface area contributed by atoms with E-state index in [0.717, 1.165) is 30.8 Å². The van der Waals surface area contributed by atoms with Crippen LogP contribution in [0.4, 0.5) is 0 Å². The smallest absolute Gasteiger partial charge is 0.267 e. The first-order chi connectivity index (χ1) is 9.26. The number of hydroxylamine groups is 1. The van der Waals surface area contributed by atoms with Gasteiger partial charge in [0.1, 0.15) is 5.75 Å². The first-order valence-corrected chi connectivity index (χ1v) is 6.28. The number of unbranched alkanes of at least 4 members (excludes halogenated alkanes) is 1. The van der Waals surface area contributed by atoms with Crippen LogP contribution in [0.1, 0.15) is 25.3 Å². The molecular formula is C15H19NO3. The lowest BCUT2D eigenvalue weighted by Gasteiger charge is -2.04. The monoisotopic (exact) mass is 261 g/mol. The second-order valence-electron chi connectivity index (χ2n) is 3.97. The summed E-state index contributed by atoms with van der Waals surface area (Å²) in [6, 6.07) is 7.72. The molecule has 0 aliphatic heterocycles. The van der Waals surface area contributed by atoms with E-state index in [1.165, 1.54) is 11.6 Å². The maximum Gasteiger partial charge on any atom is 0.267 e. The molecule has 1 amide bonds. The first-order valence-electron chi connectivity index (χ1n) is 6.28. The van der Waals surface area contributed by atoms with Gasteiger partial charge in [0.25, 0.3) is 5.91 Å². The summed E-state index contributed by atoms with van der Waals surface area (Å²) in [7, 11) is 0. The highest BCUT2D eigenvalue weighted by Crippen LogP contribution is 2.13. The Labute approximate surface area is 113 Å². The second kappa shape index (κ2) is 8.94. The summed E-state index contributed by atoms with van der Waals surface area (Å²) in [5.41, 5.74) is 2.53. The third-order valence-electron chi connectivity index (χ3n) is 2.40. The predicted molar refractivity (Wildman–Crippen MR) is 74.9 cm³/mol. The molecule has 102 valence electrons. The molecule has 0 bridgehead atoms. The molecule has 2 N–H and O–H groups in total. The van der Waals surface area contributed by atoms with E-state index in [0.29, 0.717) is 0 Å². The highest BCUT2D eigenvalue weighted by atomic mass is 16.5. The van der Waals surface area contributed by atoms with Gasteiger partial charge in [-0.2, -0.15) is 0 Å². The van der Waals surface area contributed by atoms with E-state index in [2.05, 4.69) is 6.92 Å². The van der Waals surface area contributed by atoms with Gasteiger partial charge in [0, 0.05) is 6.08 Å². The lowest BCUT2D eigenvalue weighted by atomic mass is 10.2. The molecule has 0 radical (unpaired) electrons. The van der Waals surface area contributed by atoms with Gasteiger partial charge in [-0.3, -0.25) is 10.0 Å². The van der Waals surface area contributed by atoms with Crippen LogP contribution in [-0.4, -0.2) is 17.7 Å². The molecule has 0 saturated carbocycles. The van der Waals surface area contributed by atoms with Crippen LogP contribution in [0.15, 0.2) is 42.5 Å². The number of carbonyl (C=O) groups is 1. The van der Waals surface area contributed by atoms with E-state index in [-0.39, 0.29) is 0 Å². The number of ether oxygens (including phenoxy) is 1. The first kappa shape index (κ1) is 15.0. The van der Waals surface area contributed by atoms with Crippen LogP contribution in [-0.2, 0) is 4.79 Å². The van der Waals surface area contributed by atoms with Crippen molar-refractivity contribution in [2.75, 3.05) is 6.61 Å². The van der Waals surface area contributed by atoms with Gasteiger partial charge in [-0.1, -0.05) is 43.7 Å². The zero-order chi connectivity index (χ0) is 13.9. The molecule has 1 rings (SSSR count). The third-order valence-corrected chi connectivity index (χ3v) is 2.40. The Kier molecular flexibility index (Phi) is 7.05. The SMILES string of the molecule is CCCCOc1ccc(/C=C/C=C/C(=O)NO)cc1. The highest BCUT2D eigenvalue weighted by Gasteiger charge is 1.93. The Morgan fingerprint density at radius 3 is 2.68 bits per heavy atom. The van der Waals surface area contributed by atoms with Crippen LogP contribution in [0.3, 0.4) is 0 Å². The summed E-state index contributed by atoms with van der Waals surface area (Å²) < 4.78 is 5.55. The average molecular weight is 261 g/mol. The molecule has 1 aromatic rings. The molecule has 0 aromatic heterocycles. The topological polar surface area (TPSA) is 58.6 Å². The maximum atomic E-state index is 10.7. The van der Waals surface area contributed by atoms with Gasteiger partial charge >= 0.3 is 0 Å². The molecule has 0 fully saturated rings. The van der Waals surface area contributed by atoms with E-state index in [1.54, 1.807) is 12.2 Å². The van der Waals surface area contributed by atoms with Gasteiger partial charge < -0.3 is 4.74 Å². The van der Waals surface area contributed by atoms with Crippen molar-refractivity contribution >= 4 is 12.0 Å². The summed E-state index contributed by atoms with van der Waals surface area (Å²) in [5, 5.41) is 8.28. The van der Waals surface area contributed by atoms with Crippen molar-refractivity contribution in [1.29, 1.82) is 0 Å². The van der Waals surface area contributed by atoms with Gasteiger partial charge in [-0.05, 0) is 24.1 Å². The highest BCUT2D eigenvalue weighted by molar-refractivity contribution is 5.86. The van der Waals surface area contributed by atoms with Crippen molar-refractivity contribution in [1.82, 2.24) is 5.48 Å². The minimum Gasteiger partial charge on any atom is -0.494 e. The van der Waals surface area contributed by atoms with Crippen LogP contribution < -0.4 is 10.2 Å². The maximum absolute atomic E-state index is 10.7. The van der Waals surface area contributed by atoms with E-state index in [4.69, 9.17) is 9.94 Å². The quantitative estimate of drug-likeness (QED) is 0.261. The van der Waals surface area contributed by atoms with Crippen LogP contribution in [0.25, 0.3) is 6.08 Å². The summed E-state index contributed by atoms with van der Waals surface area (Å²) in [6.07, 6.45) is 8.54. The van der Waals surface area contributed by atoms with Crippen molar-refractivity contribution < 1.29 is 14.7 Å². The van der Waals surface area contributed by atoms with Crippen LogP contribution in [0.5, 0.6) is 5.75 Å². The van der Waals surface area contributed by atoms with Crippen LogP contribution in [0.2, 0.25) is 0 Å². The van der Waals surface area contributed by atoms with Crippen molar-refractivity contribution in [2.24, 2.45) is 0 Å². The molecule has 0 saturated heterocycles. The number of hydrogen-bond acceptors (Lipinski definition) is 3. The lowest BCUT2D eigenvalue weighted by molar-refractivity contribution is -0.124. The molecule has 4 heteroatoms. The fraction of sp³-hybridized carbons (Fsp3) is 0.267. The zero-order valence-corrected chi connectivity index (χ0v) is 11.0. The fourth-order valence-corrected chi connectivity index (χ4v) is 1.36. The van der Waals surface area contributed by atoms with Crippen molar-refractivity contribution in [3.05, 3.63) is 48.1 Å². The standard InChI is InChI=1S/C15H19NO3/c1-2-3-12-19-14-10-8-13(9-11-14)6-4-5-7-15(17)16-18/h4-11,18H,2-3,12H2,1H3,(H,16,17)/b6-4+,7-5+. The number of amides is 1. The predicted octanol–water partition coefficient (Wildman–Crippen LogP) is 2.94. The van der Waals surface area contributed by atoms with Crippen molar-refractivity contribution in [3.63, 3.8) is 0 Å². The van der Waals surface area contributed by atoms with Gasteiger partial charge in [0.05, 0.1) is 6.61 Å². The molecule has 0 unspecified atom stereocenters. The van der Waals surface area contributed by atoms with E-state index in [1.807, 2.05) is 30.3 Å². The summed E-state index contributed by atoms with van der Waals surface area (Å²) in [4.78, 5) is 10.7. The third kappa shape index (κ3) is 6.43. The molecule has 19 heavy (non-hydrogen) atoms. The Hall–Kier alpha value is -2.07. The molecule has 4 nitrogen and oxygen atoms in total. The number of nitrogens with one attached hydrogen (secondary N) is 1. The molecule has 0 heterocycles. The molecule has 0 aliphatic rings.